The second kappa shape index (κ2) is 6.78. The lowest BCUT2D eigenvalue weighted by molar-refractivity contribution is -0.141. The molecule has 110 valence electrons. The Balaban J connectivity index is 2.50. The van der Waals surface area contributed by atoms with E-state index in [0.29, 0.717) is 0 Å². The Morgan fingerprint density at radius 2 is 1.63 bits per heavy atom. The molecular formula is C14H26N2O3. The van der Waals surface area contributed by atoms with Crippen LogP contribution in [-0.4, -0.2) is 29.2 Å². The van der Waals surface area contributed by atoms with Gasteiger partial charge in [-0.2, -0.15) is 0 Å². The third kappa shape index (κ3) is 5.49. The van der Waals surface area contributed by atoms with Gasteiger partial charge in [-0.15, -0.1) is 0 Å². The van der Waals surface area contributed by atoms with Gasteiger partial charge in [-0.05, 0) is 18.3 Å². The van der Waals surface area contributed by atoms with Crippen molar-refractivity contribution >= 4 is 12.0 Å². The van der Waals surface area contributed by atoms with E-state index in [-0.39, 0.29) is 12.1 Å². The molecule has 2 amide bonds. The van der Waals surface area contributed by atoms with Gasteiger partial charge in [-0.1, -0.05) is 46.5 Å². The topological polar surface area (TPSA) is 78.4 Å². The number of carbonyl (C=O) groups is 2. The van der Waals surface area contributed by atoms with Crippen molar-refractivity contribution in [1.82, 2.24) is 10.6 Å². The number of carboxylic acid groups (broad SMARTS) is 1. The van der Waals surface area contributed by atoms with Crippen LogP contribution in [0.5, 0.6) is 0 Å². The molecule has 19 heavy (non-hydrogen) atoms. The Morgan fingerprint density at radius 3 is 2.05 bits per heavy atom. The fourth-order valence-electron chi connectivity index (χ4n) is 2.43. The van der Waals surface area contributed by atoms with Crippen LogP contribution in [0.4, 0.5) is 4.79 Å². The quantitative estimate of drug-likeness (QED) is 0.689. The number of rotatable bonds is 3. The second-order valence-electron chi connectivity index (χ2n) is 6.44. The van der Waals surface area contributed by atoms with E-state index in [4.69, 9.17) is 5.11 Å². The standard InChI is InChI=1S/C14H26N2O3/c1-14(2,3)11(12(17)18)16-13(19)15-10-8-6-4-5-7-9-10/h10-11H,4-9H2,1-3H3,(H,17,18)(H2,15,16,19)/t11-/m1/s1. The van der Waals surface area contributed by atoms with Gasteiger partial charge < -0.3 is 15.7 Å². The lowest BCUT2D eigenvalue weighted by Crippen LogP contribution is -2.53. The Bertz CT molecular complexity index is 315. The normalized spacial score (nSPS) is 19.3. The first-order valence-electron chi connectivity index (χ1n) is 7.10. The maximum atomic E-state index is 11.9. The van der Waals surface area contributed by atoms with E-state index in [2.05, 4.69) is 10.6 Å². The van der Waals surface area contributed by atoms with E-state index in [1.54, 1.807) is 20.8 Å². The molecule has 0 heterocycles. The van der Waals surface area contributed by atoms with Crippen molar-refractivity contribution in [2.24, 2.45) is 5.41 Å². The fraction of sp³-hybridized carbons (Fsp3) is 0.857. The molecule has 0 aromatic heterocycles. The molecular weight excluding hydrogens is 244 g/mol. The van der Waals surface area contributed by atoms with Crippen molar-refractivity contribution in [1.29, 1.82) is 0 Å². The van der Waals surface area contributed by atoms with Gasteiger partial charge in [0, 0.05) is 6.04 Å². The highest BCUT2D eigenvalue weighted by Gasteiger charge is 2.32. The van der Waals surface area contributed by atoms with Gasteiger partial charge in [-0.3, -0.25) is 0 Å². The Morgan fingerprint density at radius 1 is 1.11 bits per heavy atom. The molecule has 0 aromatic rings. The maximum absolute atomic E-state index is 11.9. The van der Waals surface area contributed by atoms with Crippen LogP contribution in [0, 0.1) is 5.41 Å². The lowest BCUT2D eigenvalue weighted by Gasteiger charge is -2.28. The summed E-state index contributed by atoms with van der Waals surface area (Å²) in [4.78, 5) is 23.1. The van der Waals surface area contributed by atoms with E-state index >= 15 is 0 Å². The predicted octanol–water partition coefficient (Wildman–Crippen LogP) is 2.51. The molecule has 1 aliphatic rings. The molecule has 0 aliphatic heterocycles. The minimum Gasteiger partial charge on any atom is -0.480 e. The molecule has 1 fully saturated rings. The Kier molecular flexibility index (Phi) is 5.63. The summed E-state index contributed by atoms with van der Waals surface area (Å²) in [5.41, 5.74) is -0.507. The monoisotopic (exact) mass is 270 g/mol. The zero-order chi connectivity index (χ0) is 14.5. The number of carboxylic acids is 1. The highest BCUT2D eigenvalue weighted by atomic mass is 16.4. The van der Waals surface area contributed by atoms with E-state index < -0.39 is 17.4 Å². The van der Waals surface area contributed by atoms with Crippen LogP contribution in [-0.2, 0) is 4.79 Å². The van der Waals surface area contributed by atoms with Gasteiger partial charge in [0.05, 0.1) is 0 Å². The Labute approximate surface area is 115 Å². The molecule has 5 nitrogen and oxygen atoms in total. The molecule has 0 spiro atoms. The minimum absolute atomic E-state index is 0.178. The van der Waals surface area contributed by atoms with Crippen molar-refractivity contribution in [3.05, 3.63) is 0 Å². The number of nitrogens with one attached hydrogen (secondary N) is 2. The molecule has 0 unspecified atom stereocenters. The lowest BCUT2D eigenvalue weighted by atomic mass is 9.87. The summed E-state index contributed by atoms with van der Waals surface area (Å²) in [6.07, 6.45) is 6.68. The van der Waals surface area contributed by atoms with Crippen molar-refractivity contribution in [3.63, 3.8) is 0 Å². The van der Waals surface area contributed by atoms with E-state index in [1.165, 1.54) is 12.8 Å². The molecule has 0 aromatic carbocycles. The van der Waals surface area contributed by atoms with Crippen molar-refractivity contribution in [2.75, 3.05) is 0 Å². The largest absolute Gasteiger partial charge is 0.480 e. The second-order valence-corrected chi connectivity index (χ2v) is 6.44. The number of hydrogen-bond acceptors (Lipinski definition) is 2. The van der Waals surface area contributed by atoms with Gasteiger partial charge >= 0.3 is 12.0 Å². The van der Waals surface area contributed by atoms with Gasteiger partial charge in [0.2, 0.25) is 0 Å². The van der Waals surface area contributed by atoms with E-state index in [1.807, 2.05) is 0 Å². The van der Waals surface area contributed by atoms with Gasteiger partial charge in [0.25, 0.3) is 0 Å². The molecule has 0 radical (unpaired) electrons. The summed E-state index contributed by atoms with van der Waals surface area (Å²) < 4.78 is 0. The van der Waals surface area contributed by atoms with Crippen LogP contribution in [0.25, 0.3) is 0 Å². The number of hydrogen-bond donors (Lipinski definition) is 3. The van der Waals surface area contributed by atoms with Gasteiger partial charge in [0.1, 0.15) is 6.04 Å². The van der Waals surface area contributed by atoms with Crippen LogP contribution in [0.15, 0.2) is 0 Å². The summed E-state index contributed by atoms with van der Waals surface area (Å²) in [7, 11) is 0. The van der Waals surface area contributed by atoms with Crippen LogP contribution in [0.3, 0.4) is 0 Å². The third-order valence-electron chi connectivity index (χ3n) is 3.58. The molecule has 0 bridgehead atoms. The smallest absolute Gasteiger partial charge is 0.326 e. The summed E-state index contributed by atoms with van der Waals surface area (Å²) in [5, 5.41) is 14.6. The molecule has 1 saturated carbocycles. The SMILES string of the molecule is CC(C)(C)[C@H](NC(=O)NC1CCCCCC1)C(=O)O. The predicted molar refractivity (Wildman–Crippen MR) is 74.0 cm³/mol. The Hall–Kier alpha value is -1.26. The number of amides is 2. The summed E-state index contributed by atoms with van der Waals surface area (Å²) >= 11 is 0. The molecule has 5 heteroatoms. The van der Waals surface area contributed by atoms with Crippen LogP contribution in [0.1, 0.15) is 59.3 Å². The average Bonchev–Trinajstić information content (AvgIpc) is 2.52. The maximum Gasteiger partial charge on any atom is 0.326 e. The summed E-state index contributed by atoms with van der Waals surface area (Å²) in [5.74, 6) is -0.997. The average molecular weight is 270 g/mol. The van der Waals surface area contributed by atoms with Crippen LogP contribution in [0.2, 0.25) is 0 Å². The number of urea groups is 1. The number of carbonyl (C=O) groups excluding carboxylic acids is 1. The zero-order valence-corrected chi connectivity index (χ0v) is 12.2. The zero-order valence-electron chi connectivity index (χ0n) is 12.2. The summed E-state index contributed by atoms with van der Waals surface area (Å²) in [6.45, 7) is 5.41. The van der Waals surface area contributed by atoms with Gasteiger partial charge in [0.15, 0.2) is 0 Å². The van der Waals surface area contributed by atoms with Crippen LogP contribution < -0.4 is 10.6 Å². The van der Waals surface area contributed by atoms with Crippen molar-refractivity contribution in [3.8, 4) is 0 Å². The fourth-order valence-corrected chi connectivity index (χ4v) is 2.43. The summed E-state index contributed by atoms with van der Waals surface area (Å²) in [6, 6.07) is -1.07. The number of aliphatic carboxylic acids is 1. The molecule has 0 saturated heterocycles. The highest BCUT2D eigenvalue weighted by molar-refractivity contribution is 5.83. The first-order chi connectivity index (χ1) is 8.80. The molecule has 1 atom stereocenters. The minimum atomic E-state index is -0.997. The van der Waals surface area contributed by atoms with Crippen molar-refractivity contribution in [2.45, 2.75) is 71.4 Å². The third-order valence-corrected chi connectivity index (χ3v) is 3.58. The first kappa shape index (κ1) is 15.8. The van der Waals surface area contributed by atoms with E-state index in [9.17, 15) is 9.59 Å². The van der Waals surface area contributed by atoms with Crippen molar-refractivity contribution < 1.29 is 14.7 Å². The van der Waals surface area contributed by atoms with E-state index in [0.717, 1.165) is 25.7 Å². The van der Waals surface area contributed by atoms with Gasteiger partial charge in [-0.25, -0.2) is 9.59 Å². The molecule has 1 rings (SSSR count). The first-order valence-corrected chi connectivity index (χ1v) is 7.10. The molecule has 3 N–H and O–H groups in total. The highest BCUT2D eigenvalue weighted by Crippen LogP contribution is 2.20. The molecule has 1 aliphatic carbocycles. The van der Waals surface area contributed by atoms with Crippen LogP contribution >= 0.6 is 0 Å².